The second kappa shape index (κ2) is 5.17. The predicted octanol–water partition coefficient (Wildman–Crippen LogP) is 4.23. The van der Waals surface area contributed by atoms with Gasteiger partial charge in [-0.15, -0.1) is 11.3 Å². The minimum Gasteiger partial charge on any atom is -0.337 e. The summed E-state index contributed by atoms with van der Waals surface area (Å²) in [5.41, 5.74) is 3.32. The maximum atomic E-state index is 12.3. The number of hydrogen-bond acceptors (Lipinski definition) is 2. The molecule has 96 valence electrons. The summed E-state index contributed by atoms with van der Waals surface area (Å²) in [6, 6.07) is 1.92. The van der Waals surface area contributed by atoms with Gasteiger partial charge in [0.2, 0.25) is 0 Å². The van der Waals surface area contributed by atoms with Crippen molar-refractivity contribution < 1.29 is 4.79 Å². The predicted molar refractivity (Wildman–Crippen MR) is 78.0 cm³/mol. The molecule has 2 nitrogen and oxygen atoms in total. The quantitative estimate of drug-likeness (QED) is 0.707. The van der Waals surface area contributed by atoms with Gasteiger partial charge in [0.05, 0.1) is 4.88 Å². The molecule has 0 aromatic carbocycles. The molecule has 2 fully saturated rings. The Morgan fingerprint density at radius 3 is 2.33 bits per heavy atom. The first-order chi connectivity index (χ1) is 8.74. The molecular formula is C14H16BrNOS. The van der Waals surface area contributed by atoms with Crippen molar-refractivity contribution in [3.63, 3.8) is 0 Å². The van der Waals surface area contributed by atoms with Gasteiger partial charge in [-0.3, -0.25) is 4.79 Å². The minimum atomic E-state index is 0.198. The zero-order valence-electron chi connectivity index (χ0n) is 10.2. The molecule has 18 heavy (non-hydrogen) atoms. The van der Waals surface area contributed by atoms with E-state index in [0.717, 1.165) is 35.3 Å². The van der Waals surface area contributed by atoms with Crippen LogP contribution in [0.2, 0.25) is 0 Å². The summed E-state index contributed by atoms with van der Waals surface area (Å²) in [6.07, 6.45) is 6.16. The van der Waals surface area contributed by atoms with Gasteiger partial charge in [0.25, 0.3) is 5.91 Å². The number of rotatable bonds is 1. The number of piperidine rings is 1. The Labute approximate surface area is 120 Å². The topological polar surface area (TPSA) is 20.3 Å². The fraction of sp³-hybridized carbons (Fsp3) is 0.500. The Bertz CT molecular complexity index is 490. The van der Waals surface area contributed by atoms with Crippen molar-refractivity contribution >= 4 is 33.2 Å². The smallest absolute Gasteiger partial charge is 0.263 e. The molecule has 1 aromatic heterocycles. The van der Waals surface area contributed by atoms with Crippen LogP contribution in [0.5, 0.6) is 0 Å². The summed E-state index contributed by atoms with van der Waals surface area (Å²) in [4.78, 5) is 15.1. The Kier molecular flexibility index (Phi) is 3.57. The molecule has 4 heteroatoms. The van der Waals surface area contributed by atoms with E-state index in [2.05, 4.69) is 15.9 Å². The molecule has 1 saturated heterocycles. The maximum absolute atomic E-state index is 12.3. The molecule has 0 atom stereocenters. The Balaban J connectivity index is 1.64. The molecular weight excluding hydrogens is 310 g/mol. The molecule has 1 saturated carbocycles. The summed E-state index contributed by atoms with van der Waals surface area (Å²) in [7, 11) is 0. The summed E-state index contributed by atoms with van der Waals surface area (Å²) >= 11 is 4.93. The fourth-order valence-electron chi connectivity index (χ4n) is 2.62. The van der Waals surface area contributed by atoms with Crippen molar-refractivity contribution in [3.8, 4) is 0 Å². The van der Waals surface area contributed by atoms with Crippen LogP contribution in [0.25, 0.3) is 0 Å². The first-order valence-electron chi connectivity index (χ1n) is 6.47. The van der Waals surface area contributed by atoms with Crippen LogP contribution in [0.4, 0.5) is 0 Å². The summed E-state index contributed by atoms with van der Waals surface area (Å²) in [6.45, 7) is 1.79. The van der Waals surface area contributed by atoms with Crippen LogP contribution in [0.15, 0.2) is 27.1 Å². The number of thiophene rings is 1. The van der Waals surface area contributed by atoms with Gasteiger partial charge in [0, 0.05) is 22.9 Å². The summed E-state index contributed by atoms with van der Waals surface area (Å²) in [5, 5.41) is 1.97. The van der Waals surface area contributed by atoms with E-state index in [0.29, 0.717) is 0 Å². The average molecular weight is 326 g/mol. The van der Waals surface area contributed by atoms with Crippen molar-refractivity contribution in [2.24, 2.45) is 0 Å². The molecule has 2 aliphatic rings. The second-order valence-electron chi connectivity index (χ2n) is 4.98. The van der Waals surface area contributed by atoms with Gasteiger partial charge in [-0.25, -0.2) is 0 Å². The van der Waals surface area contributed by atoms with Crippen molar-refractivity contribution in [3.05, 3.63) is 31.9 Å². The van der Waals surface area contributed by atoms with Crippen LogP contribution in [0, 0.1) is 0 Å². The number of carbonyl (C=O) groups excluding carboxylic acids is 1. The Hall–Kier alpha value is -0.610. The first-order valence-corrected chi connectivity index (χ1v) is 8.14. The van der Waals surface area contributed by atoms with Crippen LogP contribution in [-0.2, 0) is 0 Å². The molecule has 3 rings (SSSR count). The lowest BCUT2D eigenvalue weighted by molar-refractivity contribution is 0.0747. The molecule has 0 N–H and O–H groups in total. The van der Waals surface area contributed by atoms with E-state index in [1.807, 2.05) is 16.3 Å². The number of halogens is 1. The normalized spacial score (nSPS) is 19.9. The fourth-order valence-corrected chi connectivity index (χ4v) is 4.01. The average Bonchev–Trinajstić information content (AvgIpc) is 2.74. The van der Waals surface area contributed by atoms with Crippen molar-refractivity contribution in [2.45, 2.75) is 32.1 Å². The maximum Gasteiger partial charge on any atom is 0.263 e. The molecule has 1 amide bonds. The van der Waals surface area contributed by atoms with E-state index in [1.54, 1.807) is 11.1 Å². The van der Waals surface area contributed by atoms with E-state index in [4.69, 9.17) is 0 Å². The highest BCUT2D eigenvalue weighted by atomic mass is 79.9. The molecule has 0 radical (unpaired) electrons. The van der Waals surface area contributed by atoms with E-state index in [1.165, 1.54) is 30.6 Å². The first kappa shape index (κ1) is 12.4. The molecule has 2 heterocycles. The van der Waals surface area contributed by atoms with E-state index < -0.39 is 0 Å². The van der Waals surface area contributed by atoms with Gasteiger partial charge in [-0.05, 0) is 54.1 Å². The van der Waals surface area contributed by atoms with Gasteiger partial charge in [-0.2, -0.15) is 0 Å². The number of amides is 1. The summed E-state index contributed by atoms with van der Waals surface area (Å²) in [5.74, 6) is 0.198. The molecule has 1 aliphatic heterocycles. The lowest BCUT2D eigenvalue weighted by Crippen LogP contribution is -2.36. The number of nitrogens with zero attached hydrogens (tertiary/aromatic N) is 1. The van der Waals surface area contributed by atoms with Gasteiger partial charge in [0.1, 0.15) is 0 Å². The second-order valence-corrected chi connectivity index (χ2v) is 6.81. The molecule has 1 aliphatic carbocycles. The van der Waals surface area contributed by atoms with E-state index in [-0.39, 0.29) is 5.91 Å². The third-order valence-corrected chi connectivity index (χ3v) is 5.57. The van der Waals surface area contributed by atoms with E-state index in [9.17, 15) is 4.79 Å². The highest BCUT2D eigenvalue weighted by Crippen LogP contribution is 2.33. The molecule has 0 spiro atoms. The summed E-state index contributed by atoms with van der Waals surface area (Å²) < 4.78 is 1.00. The minimum absolute atomic E-state index is 0.198. The van der Waals surface area contributed by atoms with Crippen molar-refractivity contribution in [1.29, 1.82) is 0 Å². The zero-order chi connectivity index (χ0) is 12.5. The molecule has 0 bridgehead atoms. The molecule has 1 aromatic rings. The molecule has 0 unspecified atom stereocenters. The largest absolute Gasteiger partial charge is 0.337 e. The highest BCUT2D eigenvalue weighted by molar-refractivity contribution is 9.10. The van der Waals surface area contributed by atoms with Gasteiger partial charge < -0.3 is 4.90 Å². The monoisotopic (exact) mass is 325 g/mol. The van der Waals surface area contributed by atoms with Crippen molar-refractivity contribution in [2.75, 3.05) is 13.1 Å². The van der Waals surface area contributed by atoms with Crippen LogP contribution in [0.1, 0.15) is 41.8 Å². The van der Waals surface area contributed by atoms with Crippen LogP contribution < -0.4 is 0 Å². The van der Waals surface area contributed by atoms with Crippen LogP contribution >= 0.6 is 27.3 Å². The third-order valence-electron chi connectivity index (χ3n) is 3.89. The number of carbonyl (C=O) groups is 1. The zero-order valence-corrected chi connectivity index (χ0v) is 12.6. The van der Waals surface area contributed by atoms with Crippen molar-refractivity contribution in [1.82, 2.24) is 4.90 Å². The van der Waals surface area contributed by atoms with Gasteiger partial charge in [-0.1, -0.05) is 11.1 Å². The number of hydrogen-bond donors (Lipinski definition) is 0. The SMILES string of the molecule is O=C(c1cc(Br)cs1)N1CCC(=C2CCC2)CC1. The van der Waals surface area contributed by atoms with Gasteiger partial charge >= 0.3 is 0 Å². The lowest BCUT2D eigenvalue weighted by atomic mass is 9.84. The number of allylic oxidation sites excluding steroid dienone is 1. The Morgan fingerprint density at radius 1 is 1.17 bits per heavy atom. The van der Waals surface area contributed by atoms with Gasteiger partial charge in [0.15, 0.2) is 0 Å². The lowest BCUT2D eigenvalue weighted by Gasteiger charge is -2.31. The van der Waals surface area contributed by atoms with Crippen LogP contribution in [-0.4, -0.2) is 23.9 Å². The number of likely N-dealkylation sites (tertiary alicyclic amines) is 1. The third kappa shape index (κ3) is 2.41. The van der Waals surface area contributed by atoms with E-state index >= 15 is 0 Å². The standard InChI is InChI=1S/C14H16BrNOS/c15-12-8-13(18-9-12)14(17)16-6-4-11(5-7-16)10-2-1-3-10/h8-9H,1-7H2. The van der Waals surface area contributed by atoms with Crippen LogP contribution in [0.3, 0.4) is 0 Å². The highest BCUT2D eigenvalue weighted by Gasteiger charge is 2.24. The Morgan fingerprint density at radius 2 is 1.83 bits per heavy atom.